The summed E-state index contributed by atoms with van der Waals surface area (Å²) in [5.41, 5.74) is 1.54. The first-order chi connectivity index (χ1) is 13.2. The first-order valence-corrected chi connectivity index (χ1v) is 9.25. The first-order valence-electron chi connectivity index (χ1n) is 9.25. The Morgan fingerprint density at radius 1 is 1.07 bits per heavy atom. The molecule has 27 heavy (non-hydrogen) atoms. The molecule has 0 N–H and O–H groups in total. The van der Waals surface area contributed by atoms with Gasteiger partial charge in [0.05, 0.1) is 23.6 Å². The average molecular weight is 363 g/mol. The Labute approximate surface area is 157 Å². The minimum absolute atomic E-state index is 0.144. The fourth-order valence-electron chi connectivity index (χ4n) is 3.63. The highest BCUT2D eigenvalue weighted by atomic mass is 16.5. The normalized spacial score (nSPS) is 16.0. The number of ether oxygens (including phenoxy) is 1. The molecule has 0 saturated heterocycles. The first kappa shape index (κ1) is 17.3. The van der Waals surface area contributed by atoms with E-state index in [4.69, 9.17) is 9.15 Å². The maximum absolute atomic E-state index is 13.2. The molecule has 1 aliphatic heterocycles. The van der Waals surface area contributed by atoms with Gasteiger partial charge in [-0.05, 0) is 43.2 Å². The van der Waals surface area contributed by atoms with Crippen molar-refractivity contribution in [3.63, 3.8) is 0 Å². The molecule has 1 aromatic heterocycles. The predicted molar refractivity (Wildman–Crippen MR) is 103 cm³/mol. The third-order valence-corrected chi connectivity index (χ3v) is 4.86. The lowest BCUT2D eigenvalue weighted by Gasteiger charge is -2.23. The van der Waals surface area contributed by atoms with Crippen LogP contribution in [0.15, 0.2) is 57.7 Å². The van der Waals surface area contributed by atoms with E-state index in [0.29, 0.717) is 29.7 Å². The van der Waals surface area contributed by atoms with Crippen LogP contribution in [0.4, 0.5) is 0 Å². The topological polar surface area (TPSA) is 59.8 Å². The van der Waals surface area contributed by atoms with Gasteiger partial charge in [0.25, 0.3) is 5.91 Å². The Kier molecular flexibility index (Phi) is 4.44. The third-order valence-electron chi connectivity index (χ3n) is 4.86. The minimum atomic E-state index is -0.469. The molecule has 1 amide bonds. The Morgan fingerprint density at radius 2 is 1.89 bits per heavy atom. The van der Waals surface area contributed by atoms with Crippen LogP contribution in [0, 0.1) is 0 Å². The number of para-hydroxylation sites is 1. The number of amides is 1. The van der Waals surface area contributed by atoms with Crippen LogP contribution in [-0.4, -0.2) is 24.0 Å². The van der Waals surface area contributed by atoms with Crippen LogP contribution < -0.4 is 10.2 Å². The van der Waals surface area contributed by atoms with Gasteiger partial charge in [0.1, 0.15) is 11.3 Å². The van der Waals surface area contributed by atoms with Crippen LogP contribution in [0.5, 0.6) is 5.75 Å². The molecule has 0 fully saturated rings. The van der Waals surface area contributed by atoms with Gasteiger partial charge in [-0.25, -0.2) is 0 Å². The molecule has 2 aromatic carbocycles. The molecule has 1 aliphatic rings. The monoisotopic (exact) mass is 363 g/mol. The summed E-state index contributed by atoms with van der Waals surface area (Å²) in [6.07, 6.45) is 0.908. The molecular weight excluding hydrogens is 342 g/mol. The van der Waals surface area contributed by atoms with E-state index in [1.807, 2.05) is 38.1 Å². The minimum Gasteiger partial charge on any atom is -0.494 e. The summed E-state index contributed by atoms with van der Waals surface area (Å²) in [7, 11) is 0. The van der Waals surface area contributed by atoms with Gasteiger partial charge in [-0.1, -0.05) is 31.2 Å². The highest BCUT2D eigenvalue weighted by Gasteiger charge is 2.41. The molecule has 5 nitrogen and oxygen atoms in total. The van der Waals surface area contributed by atoms with E-state index in [0.717, 1.165) is 17.7 Å². The van der Waals surface area contributed by atoms with Gasteiger partial charge in [0, 0.05) is 6.54 Å². The second kappa shape index (κ2) is 6.91. The molecule has 138 valence electrons. The highest BCUT2D eigenvalue weighted by Crippen LogP contribution is 2.38. The van der Waals surface area contributed by atoms with Gasteiger partial charge >= 0.3 is 0 Å². The second-order valence-corrected chi connectivity index (χ2v) is 6.58. The van der Waals surface area contributed by atoms with E-state index in [2.05, 4.69) is 0 Å². The maximum Gasteiger partial charge on any atom is 0.290 e. The number of hydrogen-bond donors (Lipinski definition) is 0. The lowest BCUT2D eigenvalue weighted by atomic mass is 9.98. The van der Waals surface area contributed by atoms with Gasteiger partial charge in [0.15, 0.2) is 5.43 Å². The van der Waals surface area contributed by atoms with Gasteiger partial charge < -0.3 is 14.1 Å². The molecule has 2 heterocycles. The van der Waals surface area contributed by atoms with E-state index in [1.165, 1.54) is 0 Å². The quantitative estimate of drug-likeness (QED) is 0.683. The lowest BCUT2D eigenvalue weighted by Crippen LogP contribution is -2.29. The Balaban J connectivity index is 1.91. The smallest absolute Gasteiger partial charge is 0.290 e. The Hall–Kier alpha value is -3.08. The molecule has 0 saturated carbocycles. The van der Waals surface area contributed by atoms with Crippen LogP contribution in [-0.2, 0) is 0 Å². The van der Waals surface area contributed by atoms with Gasteiger partial charge in [0.2, 0.25) is 5.76 Å². The summed E-state index contributed by atoms with van der Waals surface area (Å²) in [5, 5.41) is 0.491. The summed E-state index contributed by atoms with van der Waals surface area (Å²) in [6.45, 7) is 5.04. The number of carbonyl (C=O) groups excluding carboxylic acids is 1. The van der Waals surface area contributed by atoms with Gasteiger partial charge in [-0.3, -0.25) is 9.59 Å². The van der Waals surface area contributed by atoms with Gasteiger partial charge in [-0.2, -0.15) is 0 Å². The Morgan fingerprint density at radius 3 is 2.67 bits per heavy atom. The summed E-state index contributed by atoms with van der Waals surface area (Å²) < 4.78 is 11.6. The predicted octanol–water partition coefficient (Wildman–Crippen LogP) is 4.15. The SMILES string of the molecule is CCCOc1cccc([C@H]2c3c(oc4ccccc4c3=O)C(=O)N2CC)c1. The molecule has 0 aliphatic carbocycles. The van der Waals surface area contributed by atoms with Crippen LogP contribution in [0.2, 0.25) is 0 Å². The molecule has 0 unspecified atom stereocenters. The summed E-state index contributed by atoms with van der Waals surface area (Å²) in [5.74, 6) is 0.627. The zero-order valence-corrected chi connectivity index (χ0v) is 15.4. The van der Waals surface area contributed by atoms with Crippen molar-refractivity contribution >= 4 is 16.9 Å². The fraction of sp³-hybridized carbons (Fsp3) is 0.273. The van der Waals surface area contributed by atoms with Crippen LogP contribution >= 0.6 is 0 Å². The number of hydrogen-bond acceptors (Lipinski definition) is 4. The zero-order valence-electron chi connectivity index (χ0n) is 15.4. The number of rotatable bonds is 5. The molecule has 0 spiro atoms. The van der Waals surface area contributed by atoms with Crippen molar-refractivity contribution in [2.45, 2.75) is 26.3 Å². The van der Waals surface area contributed by atoms with Crippen molar-refractivity contribution in [2.75, 3.05) is 13.2 Å². The molecule has 5 heteroatoms. The molecule has 1 atom stereocenters. The third kappa shape index (κ3) is 2.79. The number of fused-ring (bicyclic) bond motifs is 2. The molecule has 0 radical (unpaired) electrons. The average Bonchev–Trinajstić information content (AvgIpc) is 2.99. The van der Waals surface area contributed by atoms with E-state index < -0.39 is 6.04 Å². The zero-order chi connectivity index (χ0) is 19.0. The van der Waals surface area contributed by atoms with E-state index >= 15 is 0 Å². The molecule has 4 rings (SSSR count). The second-order valence-electron chi connectivity index (χ2n) is 6.58. The van der Waals surface area contributed by atoms with Crippen molar-refractivity contribution < 1.29 is 13.9 Å². The summed E-state index contributed by atoms with van der Waals surface area (Å²) >= 11 is 0. The summed E-state index contributed by atoms with van der Waals surface area (Å²) in [6, 6.07) is 14.2. The standard InChI is InChI=1S/C22H21NO4/c1-3-12-26-15-9-7-8-14(13-15)19-18-20(24)16-10-5-6-11-17(16)27-21(18)22(25)23(19)4-2/h5-11,13,19H,3-4,12H2,1-2H3/t19-/m0/s1. The van der Waals surface area contributed by atoms with E-state index in [1.54, 1.807) is 29.2 Å². The summed E-state index contributed by atoms with van der Waals surface area (Å²) in [4.78, 5) is 27.8. The van der Waals surface area contributed by atoms with Crippen LogP contribution in [0.1, 0.15) is 48.0 Å². The van der Waals surface area contributed by atoms with Crippen LogP contribution in [0.3, 0.4) is 0 Å². The van der Waals surface area contributed by atoms with Crippen molar-refractivity contribution in [1.82, 2.24) is 4.90 Å². The number of carbonyl (C=O) groups is 1. The fourth-order valence-corrected chi connectivity index (χ4v) is 3.63. The van der Waals surface area contributed by atoms with Crippen molar-refractivity contribution in [1.29, 1.82) is 0 Å². The van der Waals surface area contributed by atoms with E-state index in [9.17, 15) is 9.59 Å². The number of nitrogens with zero attached hydrogens (tertiary/aromatic N) is 1. The largest absolute Gasteiger partial charge is 0.494 e. The Bertz CT molecular complexity index is 1070. The highest BCUT2D eigenvalue weighted by molar-refractivity contribution is 5.99. The molecular formula is C22H21NO4. The lowest BCUT2D eigenvalue weighted by molar-refractivity contribution is 0.0737. The van der Waals surface area contributed by atoms with Crippen molar-refractivity contribution in [3.05, 3.63) is 75.6 Å². The van der Waals surface area contributed by atoms with Crippen molar-refractivity contribution in [2.24, 2.45) is 0 Å². The molecule has 0 bridgehead atoms. The number of benzene rings is 2. The van der Waals surface area contributed by atoms with Gasteiger partial charge in [-0.15, -0.1) is 0 Å². The molecule has 3 aromatic rings. The van der Waals surface area contributed by atoms with Crippen LogP contribution in [0.25, 0.3) is 11.0 Å². The maximum atomic E-state index is 13.2. The van der Waals surface area contributed by atoms with Crippen molar-refractivity contribution in [3.8, 4) is 5.75 Å². The van der Waals surface area contributed by atoms with E-state index in [-0.39, 0.29) is 17.1 Å².